The van der Waals surface area contributed by atoms with Crippen molar-refractivity contribution < 1.29 is 14.4 Å². The summed E-state index contributed by atoms with van der Waals surface area (Å²) in [6, 6.07) is 9.00. The molecule has 1 N–H and O–H groups in total. The molecule has 2 bridgehead atoms. The largest absolute Gasteiger partial charge is 0.325 e. The Morgan fingerprint density at radius 3 is 2.74 bits per heavy atom. The Labute approximate surface area is 211 Å². The number of ketones is 1. The number of carbonyl (C=O) groups excluding carboxylic acids is 3. The van der Waals surface area contributed by atoms with Crippen LogP contribution >= 0.6 is 15.9 Å². The number of nitrogens with zero attached hydrogens (tertiary/aromatic N) is 4. The summed E-state index contributed by atoms with van der Waals surface area (Å²) in [6.07, 6.45) is 4.40. The SMILES string of the molecule is CC(=O)c1nn(CC(=O)N2C3C[C@]3(C)C[C@H]2C(=O)Nc2nc(Br)c3cc2CCC3)c2ccccc12. The zero-order chi connectivity index (χ0) is 24.5. The van der Waals surface area contributed by atoms with Gasteiger partial charge in [0.05, 0.1) is 5.52 Å². The number of piperidine rings is 1. The third kappa shape index (κ3) is 3.67. The molecule has 1 aliphatic heterocycles. The fraction of sp³-hybridized carbons (Fsp3) is 0.423. The molecule has 1 saturated heterocycles. The summed E-state index contributed by atoms with van der Waals surface area (Å²) in [5.74, 6) is 0.0721. The molecule has 1 aromatic carbocycles. The molecular formula is C26H26BrN5O3. The highest BCUT2D eigenvalue weighted by Crippen LogP contribution is 2.59. The molecule has 2 aliphatic carbocycles. The number of aromatic nitrogens is 3. The van der Waals surface area contributed by atoms with Gasteiger partial charge in [-0.1, -0.05) is 25.1 Å². The minimum absolute atomic E-state index is 0.0199. The highest BCUT2D eigenvalue weighted by Gasteiger charge is 2.64. The molecule has 0 radical (unpaired) electrons. The molecule has 3 heterocycles. The van der Waals surface area contributed by atoms with Crippen molar-refractivity contribution in [2.24, 2.45) is 5.41 Å². The van der Waals surface area contributed by atoms with Gasteiger partial charge < -0.3 is 10.2 Å². The first-order valence-corrected chi connectivity index (χ1v) is 12.8. The summed E-state index contributed by atoms with van der Waals surface area (Å²) in [4.78, 5) is 45.5. The molecule has 35 heavy (non-hydrogen) atoms. The van der Waals surface area contributed by atoms with E-state index in [0.29, 0.717) is 17.9 Å². The maximum Gasteiger partial charge on any atom is 0.248 e. The molecule has 3 aromatic rings. The van der Waals surface area contributed by atoms with Crippen molar-refractivity contribution in [1.29, 1.82) is 0 Å². The van der Waals surface area contributed by atoms with E-state index in [1.54, 1.807) is 9.58 Å². The van der Waals surface area contributed by atoms with Gasteiger partial charge in [0.1, 0.15) is 28.7 Å². The maximum absolute atomic E-state index is 13.6. The third-order valence-electron chi connectivity index (χ3n) is 7.76. The maximum atomic E-state index is 13.6. The smallest absolute Gasteiger partial charge is 0.248 e. The summed E-state index contributed by atoms with van der Waals surface area (Å²) in [7, 11) is 0. The minimum Gasteiger partial charge on any atom is -0.325 e. The van der Waals surface area contributed by atoms with Crippen LogP contribution in [0.5, 0.6) is 0 Å². The van der Waals surface area contributed by atoms with Gasteiger partial charge in [-0.3, -0.25) is 19.1 Å². The molecule has 9 heteroatoms. The van der Waals surface area contributed by atoms with E-state index in [2.05, 4.69) is 44.3 Å². The number of halogens is 1. The highest BCUT2D eigenvalue weighted by atomic mass is 79.9. The summed E-state index contributed by atoms with van der Waals surface area (Å²) in [5, 5.41) is 8.20. The van der Waals surface area contributed by atoms with Crippen molar-refractivity contribution >= 4 is 50.2 Å². The minimum atomic E-state index is -0.559. The average molecular weight is 536 g/mol. The number of aryl methyl sites for hydroxylation is 2. The van der Waals surface area contributed by atoms with Crippen molar-refractivity contribution in [2.75, 3.05) is 5.32 Å². The van der Waals surface area contributed by atoms with E-state index in [-0.39, 0.29) is 35.6 Å². The van der Waals surface area contributed by atoms with Gasteiger partial charge in [0.15, 0.2) is 5.78 Å². The molecule has 2 aromatic heterocycles. The Bertz CT molecular complexity index is 1420. The van der Waals surface area contributed by atoms with Gasteiger partial charge in [-0.05, 0) is 76.7 Å². The lowest BCUT2D eigenvalue weighted by Gasteiger charge is -2.27. The Balaban J connectivity index is 1.27. The molecule has 1 unspecified atom stereocenters. The van der Waals surface area contributed by atoms with Crippen LogP contribution in [-0.2, 0) is 29.0 Å². The van der Waals surface area contributed by atoms with Crippen LogP contribution in [0.3, 0.4) is 0 Å². The molecule has 6 rings (SSSR count). The number of amides is 2. The molecular weight excluding hydrogens is 510 g/mol. The molecule has 2 amide bonds. The predicted octanol–water partition coefficient (Wildman–Crippen LogP) is 3.90. The number of Topliss-reactive ketones (excluding diaryl/α,β-unsaturated/α-hetero) is 1. The van der Waals surface area contributed by atoms with E-state index in [1.165, 1.54) is 6.92 Å². The van der Waals surface area contributed by atoms with Crippen molar-refractivity contribution in [3.8, 4) is 0 Å². The van der Waals surface area contributed by atoms with Gasteiger partial charge in [-0.25, -0.2) is 4.98 Å². The Hall–Kier alpha value is -3.07. The first-order valence-electron chi connectivity index (χ1n) is 12.0. The summed E-state index contributed by atoms with van der Waals surface area (Å²) in [6.45, 7) is 3.59. The lowest BCUT2D eigenvalue weighted by atomic mass is 9.97. The fourth-order valence-corrected chi connectivity index (χ4v) is 6.29. The predicted molar refractivity (Wildman–Crippen MR) is 134 cm³/mol. The van der Waals surface area contributed by atoms with Crippen molar-refractivity contribution in [3.63, 3.8) is 0 Å². The lowest BCUT2D eigenvalue weighted by molar-refractivity contribution is -0.138. The van der Waals surface area contributed by atoms with Gasteiger partial charge in [0.2, 0.25) is 11.8 Å². The number of hydrogen-bond donors (Lipinski definition) is 1. The van der Waals surface area contributed by atoms with E-state index >= 15 is 0 Å². The van der Waals surface area contributed by atoms with E-state index in [9.17, 15) is 14.4 Å². The van der Waals surface area contributed by atoms with Crippen LogP contribution < -0.4 is 5.32 Å². The highest BCUT2D eigenvalue weighted by molar-refractivity contribution is 9.10. The standard InChI is InChI=1S/C26H26BrN5O3/c1-14(33)22-17-8-3-4-9-18(17)31(30-22)13-21(34)32-19(11-26(2)12-20(26)32)25(35)29-24-16-7-5-6-15(10-16)23(27)28-24/h3-4,8-10,19-20H,5-7,11-13H2,1-2H3,(H,28,29,35)/t19-,20?,26-/m0/s1. The van der Waals surface area contributed by atoms with Crippen LogP contribution in [0, 0.1) is 5.41 Å². The zero-order valence-electron chi connectivity index (χ0n) is 19.7. The first-order chi connectivity index (χ1) is 16.7. The van der Waals surface area contributed by atoms with E-state index in [1.807, 2.05) is 24.3 Å². The van der Waals surface area contributed by atoms with E-state index in [0.717, 1.165) is 52.3 Å². The third-order valence-corrected chi connectivity index (χ3v) is 8.45. The van der Waals surface area contributed by atoms with Crippen LogP contribution in [-0.4, -0.2) is 49.3 Å². The number of nitrogens with one attached hydrogen (secondary N) is 1. The van der Waals surface area contributed by atoms with E-state index < -0.39 is 6.04 Å². The number of rotatable bonds is 5. The van der Waals surface area contributed by atoms with Crippen LogP contribution in [0.4, 0.5) is 5.82 Å². The van der Waals surface area contributed by atoms with E-state index in [4.69, 9.17) is 0 Å². The molecule has 8 nitrogen and oxygen atoms in total. The average Bonchev–Trinajstić information content (AvgIpc) is 3.19. The zero-order valence-corrected chi connectivity index (χ0v) is 21.3. The topological polar surface area (TPSA) is 97.2 Å². The van der Waals surface area contributed by atoms with Crippen molar-refractivity contribution in [2.45, 2.75) is 64.6 Å². The van der Waals surface area contributed by atoms with Crippen molar-refractivity contribution in [3.05, 3.63) is 51.8 Å². The van der Waals surface area contributed by atoms with Crippen LogP contribution in [0.15, 0.2) is 34.9 Å². The number of anilines is 1. The van der Waals surface area contributed by atoms with Crippen molar-refractivity contribution in [1.82, 2.24) is 19.7 Å². The summed E-state index contributed by atoms with van der Waals surface area (Å²) in [5.41, 5.74) is 3.25. The number of para-hydroxylation sites is 1. The number of pyridine rings is 1. The summed E-state index contributed by atoms with van der Waals surface area (Å²) < 4.78 is 2.35. The molecule has 1 saturated carbocycles. The molecule has 3 atom stereocenters. The van der Waals surface area contributed by atoms with Gasteiger partial charge in [-0.2, -0.15) is 5.10 Å². The number of carbonyl (C=O) groups is 3. The lowest BCUT2D eigenvalue weighted by Crippen LogP contribution is -2.47. The number of likely N-dealkylation sites (tertiary alicyclic amines) is 1. The Kier molecular flexibility index (Phi) is 5.11. The second-order valence-corrected chi connectivity index (χ2v) is 11.0. The van der Waals surface area contributed by atoms with Gasteiger partial charge in [0, 0.05) is 18.4 Å². The van der Waals surface area contributed by atoms with Gasteiger partial charge in [0.25, 0.3) is 0 Å². The number of hydrogen-bond acceptors (Lipinski definition) is 5. The summed E-state index contributed by atoms with van der Waals surface area (Å²) >= 11 is 3.52. The number of fused-ring (bicyclic) bond motifs is 4. The quantitative estimate of drug-likeness (QED) is 0.394. The van der Waals surface area contributed by atoms with Crippen LogP contribution in [0.25, 0.3) is 10.9 Å². The molecule has 3 aliphatic rings. The molecule has 2 fully saturated rings. The molecule has 180 valence electrons. The van der Waals surface area contributed by atoms with Gasteiger partial charge in [-0.15, -0.1) is 0 Å². The first kappa shape index (κ1) is 22.4. The Morgan fingerprint density at radius 1 is 1.17 bits per heavy atom. The Morgan fingerprint density at radius 2 is 1.94 bits per heavy atom. The number of benzene rings is 1. The fourth-order valence-electron chi connectivity index (χ4n) is 5.80. The molecule has 0 spiro atoms. The van der Waals surface area contributed by atoms with Crippen LogP contribution in [0.1, 0.15) is 54.7 Å². The van der Waals surface area contributed by atoms with Gasteiger partial charge >= 0.3 is 0 Å². The monoisotopic (exact) mass is 535 g/mol. The second-order valence-electron chi connectivity index (χ2n) is 10.3. The second kappa shape index (κ2) is 7.98. The normalized spacial score (nSPS) is 24.4. The van der Waals surface area contributed by atoms with Crippen LogP contribution in [0.2, 0.25) is 0 Å².